The summed E-state index contributed by atoms with van der Waals surface area (Å²) in [5, 5.41) is 3.83. The van der Waals surface area contributed by atoms with E-state index < -0.39 is 11.8 Å². The number of carbonyl (C=O) groups is 1. The van der Waals surface area contributed by atoms with Crippen molar-refractivity contribution in [2.75, 3.05) is 7.11 Å². The zero-order valence-electron chi connectivity index (χ0n) is 13.2. The minimum atomic E-state index is -0.867. The molecule has 0 amide bonds. The van der Waals surface area contributed by atoms with Gasteiger partial charge in [0.2, 0.25) is 0 Å². The highest BCUT2D eigenvalue weighted by Gasteiger charge is 2.18. The fraction of sp³-hybridized carbons (Fsp3) is 0.111. The predicted molar refractivity (Wildman–Crippen MR) is 89.0 cm³/mol. The highest BCUT2D eigenvalue weighted by Crippen LogP contribution is 2.25. The first kappa shape index (κ1) is 17.0. The molecule has 5 nitrogen and oxygen atoms in total. The SMILES string of the molecule is COc1cccc(-c2cc(COC(=O)c3c(F)cccc3Cl)no2)c1. The summed E-state index contributed by atoms with van der Waals surface area (Å²) in [5.41, 5.74) is 0.848. The molecule has 3 aromatic rings. The van der Waals surface area contributed by atoms with Crippen molar-refractivity contribution in [2.45, 2.75) is 6.61 Å². The number of hydrogen-bond donors (Lipinski definition) is 0. The Labute approximate surface area is 147 Å². The lowest BCUT2D eigenvalue weighted by Gasteiger charge is -2.05. The first-order valence-electron chi connectivity index (χ1n) is 7.29. The number of aromatic nitrogens is 1. The molecule has 3 rings (SSSR count). The Morgan fingerprint density at radius 2 is 2.04 bits per heavy atom. The van der Waals surface area contributed by atoms with Gasteiger partial charge in [-0.05, 0) is 24.3 Å². The van der Waals surface area contributed by atoms with E-state index in [1.807, 2.05) is 12.1 Å². The molecule has 0 radical (unpaired) electrons. The molecule has 7 heteroatoms. The van der Waals surface area contributed by atoms with Crippen LogP contribution < -0.4 is 4.74 Å². The first-order valence-corrected chi connectivity index (χ1v) is 7.67. The average molecular weight is 362 g/mol. The van der Waals surface area contributed by atoms with Crippen LogP contribution in [0.1, 0.15) is 16.1 Å². The van der Waals surface area contributed by atoms with E-state index in [1.54, 1.807) is 25.3 Å². The lowest BCUT2D eigenvalue weighted by Crippen LogP contribution is -2.08. The third kappa shape index (κ3) is 3.80. The molecule has 0 unspecified atom stereocenters. The van der Waals surface area contributed by atoms with E-state index in [9.17, 15) is 9.18 Å². The molecule has 0 aliphatic rings. The largest absolute Gasteiger partial charge is 0.497 e. The minimum Gasteiger partial charge on any atom is -0.497 e. The van der Waals surface area contributed by atoms with Crippen molar-refractivity contribution < 1.29 is 23.2 Å². The van der Waals surface area contributed by atoms with Crippen LogP contribution in [0.4, 0.5) is 4.39 Å². The number of hydrogen-bond acceptors (Lipinski definition) is 5. The summed E-state index contributed by atoms with van der Waals surface area (Å²) >= 11 is 5.83. The van der Waals surface area contributed by atoms with Crippen LogP contribution in [0.5, 0.6) is 5.75 Å². The number of halogens is 2. The summed E-state index contributed by atoms with van der Waals surface area (Å²) in [6.07, 6.45) is 0. The predicted octanol–water partition coefficient (Wildman–Crippen LogP) is 4.50. The number of ether oxygens (including phenoxy) is 2. The normalized spacial score (nSPS) is 10.5. The summed E-state index contributed by atoms with van der Waals surface area (Å²) < 4.78 is 29.1. The molecule has 0 atom stereocenters. The van der Waals surface area contributed by atoms with E-state index >= 15 is 0 Å². The van der Waals surface area contributed by atoms with Crippen LogP contribution in [-0.2, 0) is 11.3 Å². The zero-order valence-corrected chi connectivity index (χ0v) is 13.9. The van der Waals surface area contributed by atoms with Crippen LogP contribution in [0.25, 0.3) is 11.3 Å². The van der Waals surface area contributed by atoms with Gasteiger partial charge in [-0.15, -0.1) is 0 Å². The fourth-order valence-electron chi connectivity index (χ4n) is 2.20. The fourth-order valence-corrected chi connectivity index (χ4v) is 2.44. The summed E-state index contributed by atoms with van der Waals surface area (Å²) in [7, 11) is 1.57. The van der Waals surface area contributed by atoms with E-state index in [-0.39, 0.29) is 17.2 Å². The van der Waals surface area contributed by atoms with Crippen LogP contribution >= 0.6 is 11.6 Å². The molecule has 0 bridgehead atoms. The monoisotopic (exact) mass is 361 g/mol. The molecule has 0 fully saturated rings. The third-order valence-electron chi connectivity index (χ3n) is 3.43. The average Bonchev–Trinajstić information content (AvgIpc) is 3.09. The maximum absolute atomic E-state index is 13.7. The van der Waals surface area contributed by atoms with Gasteiger partial charge >= 0.3 is 5.97 Å². The molecular formula is C18H13ClFNO4. The Kier molecular flexibility index (Phi) is 5.00. The quantitative estimate of drug-likeness (QED) is 0.626. The topological polar surface area (TPSA) is 61.6 Å². The molecule has 0 saturated heterocycles. The number of methoxy groups -OCH3 is 1. The molecule has 25 heavy (non-hydrogen) atoms. The molecule has 1 heterocycles. The van der Waals surface area contributed by atoms with Gasteiger partial charge in [-0.25, -0.2) is 9.18 Å². The maximum Gasteiger partial charge on any atom is 0.343 e. The van der Waals surface area contributed by atoms with Crippen LogP contribution in [-0.4, -0.2) is 18.2 Å². The second-order valence-electron chi connectivity index (χ2n) is 5.09. The van der Waals surface area contributed by atoms with Crippen molar-refractivity contribution in [1.82, 2.24) is 5.16 Å². The lowest BCUT2D eigenvalue weighted by atomic mass is 10.1. The van der Waals surface area contributed by atoms with Gasteiger partial charge < -0.3 is 14.0 Å². The first-order chi connectivity index (χ1) is 12.1. The van der Waals surface area contributed by atoms with Crippen molar-refractivity contribution >= 4 is 17.6 Å². The lowest BCUT2D eigenvalue weighted by molar-refractivity contribution is 0.0459. The number of esters is 1. The third-order valence-corrected chi connectivity index (χ3v) is 3.75. The Morgan fingerprint density at radius 3 is 2.80 bits per heavy atom. The molecule has 2 aromatic carbocycles. The minimum absolute atomic E-state index is 0.0118. The Balaban J connectivity index is 1.70. The molecule has 0 N–H and O–H groups in total. The number of nitrogens with zero attached hydrogens (tertiary/aromatic N) is 1. The van der Waals surface area contributed by atoms with Gasteiger partial charge in [-0.2, -0.15) is 0 Å². The molecule has 0 aliphatic carbocycles. The van der Waals surface area contributed by atoms with E-state index in [0.29, 0.717) is 17.2 Å². The van der Waals surface area contributed by atoms with Crippen LogP contribution in [0.15, 0.2) is 53.1 Å². The van der Waals surface area contributed by atoms with Gasteiger partial charge in [0.05, 0.1) is 12.1 Å². The highest BCUT2D eigenvalue weighted by atomic mass is 35.5. The van der Waals surface area contributed by atoms with E-state index in [1.165, 1.54) is 12.1 Å². The summed E-state index contributed by atoms with van der Waals surface area (Å²) in [6, 6.07) is 12.8. The van der Waals surface area contributed by atoms with Gasteiger partial charge in [0.15, 0.2) is 5.76 Å². The zero-order chi connectivity index (χ0) is 17.8. The van der Waals surface area contributed by atoms with E-state index in [0.717, 1.165) is 11.6 Å². The molecule has 0 saturated carbocycles. The second-order valence-corrected chi connectivity index (χ2v) is 5.49. The van der Waals surface area contributed by atoms with Crippen LogP contribution in [0.3, 0.4) is 0 Å². The van der Waals surface area contributed by atoms with E-state index in [2.05, 4.69) is 5.16 Å². The van der Waals surface area contributed by atoms with Crippen LogP contribution in [0.2, 0.25) is 5.02 Å². The Bertz CT molecular complexity index is 889. The van der Waals surface area contributed by atoms with Gasteiger partial charge in [0, 0.05) is 11.6 Å². The molecule has 0 aliphatic heterocycles. The van der Waals surface area contributed by atoms with Crippen molar-refractivity contribution in [2.24, 2.45) is 0 Å². The smallest absolute Gasteiger partial charge is 0.343 e. The maximum atomic E-state index is 13.7. The summed E-state index contributed by atoms with van der Waals surface area (Å²) in [5.74, 6) is -0.436. The standard InChI is InChI=1S/C18H13ClFNO4/c1-23-13-5-2-4-11(8-13)16-9-12(21-25-16)10-24-18(22)17-14(19)6-3-7-15(17)20/h2-9H,10H2,1H3. The van der Waals surface area contributed by atoms with Gasteiger partial charge in [-0.3, -0.25) is 0 Å². The van der Waals surface area contributed by atoms with Crippen molar-refractivity contribution in [3.05, 3.63) is 70.6 Å². The number of carbonyl (C=O) groups excluding carboxylic acids is 1. The van der Waals surface area contributed by atoms with Gasteiger partial charge in [0.25, 0.3) is 0 Å². The van der Waals surface area contributed by atoms with Crippen molar-refractivity contribution in [3.8, 4) is 17.1 Å². The van der Waals surface area contributed by atoms with Gasteiger partial charge in [-0.1, -0.05) is 35.0 Å². The van der Waals surface area contributed by atoms with E-state index in [4.69, 9.17) is 25.6 Å². The molecule has 1 aromatic heterocycles. The molecule has 128 valence electrons. The molecular weight excluding hydrogens is 349 g/mol. The Hall–Kier alpha value is -2.86. The summed E-state index contributed by atoms with van der Waals surface area (Å²) in [4.78, 5) is 12.0. The van der Waals surface area contributed by atoms with Crippen molar-refractivity contribution in [3.63, 3.8) is 0 Å². The number of benzene rings is 2. The van der Waals surface area contributed by atoms with Gasteiger partial charge in [0.1, 0.15) is 29.4 Å². The summed E-state index contributed by atoms with van der Waals surface area (Å²) in [6.45, 7) is -0.170. The molecule has 0 spiro atoms. The highest BCUT2D eigenvalue weighted by molar-refractivity contribution is 6.33. The second kappa shape index (κ2) is 7.36. The van der Waals surface area contributed by atoms with Crippen LogP contribution in [0, 0.1) is 5.82 Å². The van der Waals surface area contributed by atoms with Crippen molar-refractivity contribution in [1.29, 1.82) is 0 Å². The Morgan fingerprint density at radius 1 is 1.24 bits per heavy atom. The number of rotatable bonds is 5.